The van der Waals surface area contributed by atoms with E-state index in [0.717, 1.165) is 34.8 Å². The van der Waals surface area contributed by atoms with Gasteiger partial charge in [0.15, 0.2) is 0 Å². The molecule has 1 aliphatic rings. The number of nitrogens with one attached hydrogen (secondary N) is 1. The monoisotopic (exact) mass is 263 g/mol. The van der Waals surface area contributed by atoms with Gasteiger partial charge in [0.25, 0.3) is 5.56 Å². The number of hydrogen-bond acceptors (Lipinski definition) is 4. The van der Waals surface area contributed by atoms with Gasteiger partial charge in [-0.3, -0.25) is 9.36 Å². The Morgan fingerprint density at radius 1 is 1.56 bits per heavy atom. The highest BCUT2D eigenvalue weighted by molar-refractivity contribution is 7.17. The zero-order valence-electron chi connectivity index (χ0n) is 10.5. The van der Waals surface area contributed by atoms with Gasteiger partial charge < -0.3 is 5.32 Å². The number of thiophene rings is 1. The van der Waals surface area contributed by atoms with Gasteiger partial charge in [-0.25, -0.2) is 4.98 Å². The number of hydrogen-bond donors (Lipinski definition) is 1. The highest BCUT2D eigenvalue weighted by Gasteiger charge is 2.20. The van der Waals surface area contributed by atoms with Crippen LogP contribution in [-0.2, 0) is 6.54 Å². The maximum absolute atomic E-state index is 12.2. The van der Waals surface area contributed by atoms with E-state index in [0.29, 0.717) is 6.54 Å². The second-order valence-corrected chi connectivity index (χ2v) is 5.87. The molecule has 18 heavy (non-hydrogen) atoms. The van der Waals surface area contributed by atoms with Gasteiger partial charge in [-0.05, 0) is 43.2 Å². The molecule has 0 bridgehead atoms. The number of aromatic nitrogens is 2. The van der Waals surface area contributed by atoms with E-state index in [9.17, 15) is 4.79 Å². The molecule has 1 N–H and O–H groups in total. The second-order valence-electron chi connectivity index (χ2n) is 4.99. The summed E-state index contributed by atoms with van der Waals surface area (Å²) in [6, 6.07) is 0. The van der Waals surface area contributed by atoms with Crippen molar-refractivity contribution in [2.45, 2.75) is 26.3 Å². The number of fused-ring (bicyclic) bond motifs is 1. The fraction of sp³-hybridized carbons (Fsp3) is 0.538. The first-order valence-corrected chi connectivity index (χ1v) is 7.27. The van der Waals surface area contributed by atoms with E-state index >= 15 is 0 Å². The zero-order valence-corrected chi connectivity index (χ0v) is 11.3. The Labute approximate surface area is 110 Å². The van der Waals surface area contributed by atoms with E-state index in [1.54, 1.807) is 10.9 Å². The Morgan fingerprint density at radius 2 is 2.39 bits per heavy atom. The molecule has 0 aliphatic heterocycles. The third kappa shape index (κ3) is 2.33. The standard InChI is InChI=1S/C13H17N3OS/c1-9-7-18-12-11(9)15-8-16(13(12)17)5-4-14-6-10-2-3-10/h7-8,10,14H,2-6H2,1H3. The second kappa shape index (κ2) is 4.82. The van der Waals surface area contributed by atoms with Crippen LogP contribution in [0.4, 0.5) is 0 Å². The molecular formula is C13H17N3OS. The van der Waals surface area contributed by atoms with Crippen LogP contribution >= 0.6 is 11.3 Å². The van der Waals surface area contributed by atoms with Crippen molar-refractivity contribution in [1.29, 1.82) is 0 Å². The molecule has 0 atom stereocenters. The predicted molar refractivity (Wildman–Crippen MR) is 74.2 cm³/mol. The van der Waals surface area contributed by atoms with Crippen LogP contribution in [0.15, 0.2) is 16.5 Å². The van der Waals surface area contributed by atoms with Gasteiger partial charge >= 0.3 is 0 Å². The van der Waals surface area contributed by atoms with Gasteiger partial charge in [0.05, 0.1) is 11.8 Å². The predicted octanol–water partition coefficient (Wildman–Crippen LogP) is 1.77. The minimum atomic E-state index is 0.0892. The Hall–Kier alpha value is -1.20. The average molecular weight is 263 g/mol. The van der Waals surface area contributed by atoms with E-state index < -0.39 is 0 Å². The van der Waals surface area contributed by atoms with Crippen molar-refractivity contribution in [3.05, 3.63) is 27.6 Å². The third-order valence-corrected chi connectivity index (χ3v) is 4.46. The van der Waals surface area contributed by atoms with Crippen LogP contribution < -0.4 is 10.9 Å². The van der Waals surface area contributed by atoms with Crippen LogP contribution in [0.3, 0.4) is 0 Å². The lowest BCUT2D eigenvalue weighted by molar-refractivity contribution is 0.564. The van der Waals surface area contributed by atoms with Crippen LogP contribution in [0.25, 0.3) is 10.2 Å². The topological polar surface area (TPSA) is 46.9 Å². The normalized spacial score (nSPS) is 15.4. The number of aryl methyl sites for hydroxylation is 1. The summed E-state index contributed by atoms with van der Waals surface area (Å²) in [5, 5.41) is 5.39. The summed E-state index contributed by atoms with van der Waals surface area (Å²) in [7, 11) is 0. The molecule has 0 radical (unpaired) electrons. The Morgan fingerprint density at radius 3 is 3.17 bits per heavy atom. The van der Waals surface area contributed by atoms with Crippen LogP contribution in [-0.4, -0.2) is 22.6 Å². The molecule has 2 heterocycles. The fourth-order valence-electron chi connectivity index (χ4n) is 2.05. The molecule has 0 spiro atoms. The van der Waals surface area contributed by atoms with Crippen molar-refractivity contribution in [2.75, 3.05) is 13.1 Å². The van der Waals surface area contributed by atoms with Gasteiger partial charge in [-0.15, -0.1) is 11.3 Å². The van der Waals surface area contributed by atoms with Crippen LogP contribution in [0.5, 0.6) is 0 Å². The minimum Gasteiger partial charge on any atom is -0.315 e. The molecular weight excluding hydrogens is 246 g/mol. The Bertz CT molecular complexity index is 612. The summed E-state index contributed by atoms with van der Waals surface area (Å²) in [6.07, 6.45) is 4.38. The van der Waals surface area contributed by atoms with Gasteiger partial charge in [0.2, 0.25) is 0 Å². The van der Waals surface area contributed by atoms with E-state index in [-0.39, 0.29) is 5.56 Å². The molecule has 1 saturated carbocycles. The fourth-order valence-corrected chi connectivity index (χ4v) is 3.00. The maximum Gasteiger partial charge on any atom is 0.271 e. The minimum absolute atomic E-state index is 0.0892. The van der Waals surface area contributed by atoms with Gasteiger partial charge in [-0.2, -0.15) is 0 Å². The van der Waals surface area contributed by atoms with Gasteiger partial charge in [0, 0.05) is 13.1 Å². The summed E-state index contributed by atoms with van der Waals surface area (Å²) in [6.45, 7) is 4.62. The molecule has 0 saturated heterocycles. The van der Waals surface area contributed by atoms with E-state index in [4.69, 9.17) is 0 Å². The van der Waals surface area contributed by atoms with Crippen molar-refractivity contribution in [1.82, 2.24) is 14.9 Å². The van der Waals surface area contributed by atoms with Crippen molar-refractivity contribution >= 4 is 21.6 Å². The van der Waals surface area contributed by atoms with Crippen molar-refractivity contribution in [2.24, 2.45) is 5.92 Å². The quantitative estimate of drug-likeness (QED) is 0.836. The summed E-state index contributed by atoms with van der Waals surface area (Å²) in [5.74, 6) is 0.877. The first-order chi connectivity index (χ1) is 8.75. The largest absolute Gasteiger partial charge is 0.315 e. The molecule has 1 aliphatic carbocycles. The van der Waals surface area contributed by atoms with Crippen molar-refractivity contribution < 1.29 is 0 Å². The highest BCUT2D eigenvalue weighted by Crippen LogP contribution is 2.27. The first-order valence-electron chi connectivity index (χ1n) is 6.39. The van der Waals surface area contributed by atoms with Gasteiger partial charge in [0.1, 0.15) is 4.70 Å². The average Bonchev–Trinajstić information content (AvgIpc) is 3.11. The summed E-state index contributed by atoms with van der Waals surface area (Å²) in [5.41, 5.74) is 2.03. The smallest absolute Gasteiger partial charge is 0.271 e. The molecule has 0 aromatic carbocycles. The molecule has 0 unspecified atom stereocenters. The lowest BCUT2D eigenvalue weighted by Gasteiger charge is -2.06. The molecule has 2 aromatic rings. The molecule has 0 amide bonds. The molecule has 1 fully saturated rings. The van der Waals surface area contributed by atoms with Crippen molar-refractivity contribution in [3.8, 4) is 0 Å². The summed E-state index contributed by atoms with van der Waals surface area (Å²) >= 11 is 1.49. The Kier molecular flexibility index (Phi) is 3.18. The third-order valence-electron chi connectivity index (χ3n) is 3.38. The zero-order chi connectivity index (χ0) is 12.5. The van der Waals surface area contributed by atoms with E-state index in [1.807, 2.05) is 12.3 Å². The number of nitrogens with zero attached hydrogens (tertiary/aromatic N) is 2. The molecule has 2 aromatic heterocycles. The number of rotatable bonds is 5. The van der Waals surface area contributed by atoms with Crippen LogP contribution in [0, 0.1) is 12.8 Å². The summed E-state index contributed by atoms with van der Waals surface area (Å²) in [4.78, 5) is 16.6. The van der Waals surface area contributed by atoms with Crippen molar-refractivity contribution in [3.63, 3.8) is 0 Å². The maximum atomic E-state index is 12.2. The molecule has 3 rings (SSSR count). The molecule has 4 nitrogen and oxygen atoms in total. The first kappa shape index (κ1) is 11.9. The lowest BCUT2D eigenvalue weighted by Crippen LogP contribution is -2.28. The van der Waals surface area contributed by atoms with E-state index in [1.165, 1.54) is 24.2 Å². The Balaban J connectivity index is 1.71. The van der Waals surface area contributed by atoms with E-state index in [2.05, 4.69) is 10.3 Å². The van der Waals surface area contributed by atoms with Crippen LogP contribution in [0.1, 0.15) is 18.4 Å². The lowest BCUT2D eigenvalue weighted by atomic mass is 10.3. The molecule has 96 valence electrons. The van der Waals surface area contributed by atoms with Gasteiger partial charge in [-0.1, -0.05) is 0 Å². The highest BCUT2D eigenvalue weighted by atomic mass is 32.1. The van der Waals surface area contributed by atoms with Crippen LogP contribution in [0.2, 0.25) is 0 Å². The summed E-state index contributed by atoms with van der Waals surface area (Å²) < 4.78 is 2.48. The molecule has 5 heteroatoms. The SMILES string of the molecule is Cc1csc2c(=O)n(CCNCC3CC3)cnc12.